The Bertz CT molecular complexity index is 966. The van der Waals surface area contributed by atoms with Gasteiger partial charge >= 0.3 is 0 Å². The van der Waals surface area contributed by atoms with Crippen LogP contribution in [0.2, 0.25) is 5.02 Å². The number of hydrogen-bond donors (Lipinski definition) is 0. The van der Waals surface area contributed by atoms with Crippen molar-refractivity contribution in [2.75, 3.05) is 39.3 Å². The van der Waals surface area contributed by atoms with Gasteiger partial charge in [0.05, 0.1) is 12.6 Å². The summed E-state index contributed by atoms with van der Waals surface area (Å²) in [4.78, 5) is 33.6. The molecule has 2 aromatic rings. The molecule has 172 valence electrons. The summed E-state index contributed by atoms with van der Waals surface area (Å²) in [6, 6.07) is 10.2. The quantitative estimate of drug-likeness (QED) is 0.661. The molecule has 1 aromatic carbocycles. The van der Waals surface area contributed by atoms with E-state index < -0.39 is 5.41 Å². The predicted octanol–water partition coefficient (Wildman–Crippen LogP) is 4.46. The molecule has 5 nitrogen and oxygen atoms in total. The summed E-state index contributed by atoms with van der Waals surface area (Å²) in [5.41, 5.74) is 2.07. The first-order valence-electron chi connectivity index (χ1n) is 11.4. The fraction of sp³-hybridized carbons (Fsp3) is 0.520. The highest BCUT2D eigenvalue weighted by Crippen LogP contribution is 2.38. The van der Waals surface area contributed by atoms with Crippen LogP contribution in [0.15, 0.2) is 35.7 Å². The lowest BCUT2D eigenvalue weighted by Crippen LogP contribution is -2.46. The lowest BCUT2D eigenvalue weighted by Gasteiger charge is -2.37. The van der Waals surface area contributed by atoms with Crippen LogP contribution in [0.3, 0.4) is 0 Å². The van der Waals surface area contributed by atoms with Crippen molar-refractivity contribution < 1.29 is 9.59 Å². The third-order valence-corrected chi connectivity index (χ3v) is 7.62. The van der Waals surface area contributed by atoms with Crippen molar-refractivity contribution in [2.24, 2.45) is 5.41 Å². The number of nitrogens with zero attached hydrogens (tertiary/aromatic N) is 3. The molecule has 0 unspecified atom stereocenters. The van der Waals surface area contributed by atoms with Crippen molar-refractivity contribution in [1.82, 2.24) is 14.7 Å². The minimum absolute atomic E-state index is 0.0668. The van der Waals surface area contributed by atoms with Crippen LogP contribution in [0.1, 0.15) is 49.2 Å². The smallest absolute Gasteiger partial charge is 0.236 e. The summed E-state index contributed by atoms with van der Waals surface area (Å²) in [5.74, 6) is 0.309. The number of rotatable bonds is 3. The molecule has 0 N–H and O–H groups in total. The van der Waals surface area contributed by atoms with Crippen LogP contribution in [0, 0.1) is 5.41 Å². The molecule has 3 heterocycles. The Balaban J connectivity index is 1.47. The maximum absolute atomic E-state index is 13.3. The SMILES string of the molecule is CC(C)(C)C(=O)N1CCCN(C(=O)CN2CCc3sccc3[C@H]2c2ccc(Cl)cc2)CC1. The Morgan fingerprint density at radius 1 is 1.00 bits per heavy atom. The van der Waals surface area contributed by atoms with E-state index in [0.29, 0.717) is 26.2 Å². The predicted molar refractivity (Wildman–Crippen MR) is 130 cm³/mol. The van der Waals surface area contributed by atoms with E-state index >= 15 is 0 Å². The second kappa shape index (κ2) is 9.54. The summed E-state index contributed by atoms with van der Waals surface area (Å²) in [5, 5.41) is 2.87. The summed E-state index contributed by atoms with van der Waals surface area (Å²) < 4.78 is 0. The number of fused-ring (bicyclic) bond motifs is 1. The molecule has 0 bridgehead atoms. The Hall–Kier alpha value is -1.89. The van der Waals surface area contributed by atoms with Crippen molar-refractivity contribution in [3.05, 3.63) is 56.7 Å². The molecule has 1 saturated heterocycles. The highest BCUT2D eigenvalue weighted by Gasteiger charge is 2.33. The zero-order chi connectivity index (χ0) is 22.9. The maximum atomic E-state index is 13.3. The van der Waals surface area contributed by atoms with E-state index in [2.05, 4.69) is 28.5 Å². The van der Waals surface area contributed by atoms with Gasteiger partial charge in [-0.3, -0.25) is 14.5 Å². The number of thiophene rings is 1. The third kappa shape index (κ3) is 5.03. The molecule has 7 heteroatoms. The van der Waals surface area contributed by atoms with E-state index in [1.165, 1.54) is 16.0 Å². The highest BCUT2D eigenvalue weighted by atomic mass is 35.5. The largest absolute Gasteiger partial charge is 0.340 e. The number of halogens is 1. The van der Waals surface area contributed by atoms with Gasteiger partial charge in [-0.1, -0.05) is 44.5 Å². The number of benzene rings is 1. The lowest BCUT2D eigenvalue weighted by atomic mass is 9.93. The van der Waals surface area contributed by atoms with Crippen molar-refractivity contribution >= 4 is 34.8 Å². The number of hydrogen-bond acceptors (Lipinski definition) is 4. The van der Waals surface area contributed by atoms with E-state index in [4.69, 9.17) is 11.6 Å². The number of carbonyl (C=O) groups is 2. The summed E-state index contributed by atoms with van der Waals surface area (Å²) in [6.45, 7) is 9.73. The fourth-order valence-corrected chi connectivity index (χ4v) is 5.72. The summed E-state index contributed by atoms with van der Waals surface area (Å²) >= 11 is 7.93. The van der Waals surface area contributed by atoms with Crippen molar-refractivity contribution in [2.45, 2.75) is 39.7 Å². The van der Waals surface area contributed by atoms with E-state index in [1.54, 1.807) is 11.3 Å². The van der Waals surface area contributed by atoms with Crippen molar-refractivity contribution in [3.8, 4) is 0 Å². The summed E-state index contributed by atoms with van der Waals surface area (Å²) in [6.07, 6.45) is 1.79. The van der Waals surface area contributed by atoms with Gasteiger partial charge in [0.1, 0.15) is 0 Å². The van der Waals surface area contributed by atoms with Gasteiger partial charge in [0.25, 0.3) is 0 Å². The average Bonchev–Trinajstić information content (AvgIpc) is 3.09. The molecule has 2 aliphatic heterocycles. The van der Waals surface area contributed by atoms with E-state index in [0.717, 1.165) is 31.0 Å². The van der Waals surface area contributed by atoms with Gasteiger partial charge in [-0.2, -0.15) is 0 Å². The van der Waals surface area contributed by atoms with Crippen molar-refractivity contribution in [1.29, 1.82) is 0 Å². The van der Waals surface area contributed by atoms with Crippen LogP contribution in [-0.4, -0.2) is 65.8 Å². The molecule has 1 fully saturated rings. The van der Waals surface area contributed by atoms with Gasteiger partial charge in [-0.05, 0) is 47.5 Å². The first-order chi connectivity index (χ1) is 15.2. The van der Waals surface area contributed by atoms with Crippen LogP contribution in [0.4, 0.5) is 0 Å². The van der Waals surface area contributed by atoms with E-state index in [1.807, 2.05) is 42.7 Å². The first-order valence-corrected chi connectivity index (χ1v) is 12.6. The fourth-order valence-electron chi connectivity index (χ4n) is 4.69. The second-order valence-electron chi connectivity index (χ2n) is 9.75. The standard InChI is InChI=1S/C25H32ClN3O2S/c1-25(2,3)24(31)28-12-4-11-27(14-15-28)22(30)17-29-13-9-21-20(10-16-32-21)23(29)18-5-7-19(26)8-6-18/h5-8,10,16,23H,4,9,11-15,17H2,1-3H3/t23-/m1/s1. The minimum atomic E-state index is -0.392. The molecule has 0 spiro atoms. The van der Waals surface area contributed by atoms with Crippen LogP contribution >= 0.6 is 22.9 Å². The molecular formula is C25H32ClN3O2S. The van der Waals surface area contributed by atoms with Gasteiger partial charge < -0.3 is 9.80 Å². The van der Waals surface area contributed by atoms with E-state index in [9.17, 15) is 9.59 Å². The molecule has 0 saturated carbocycles. The molecule has 32 heavy (non-hydrogen) atoms. The van der Waals surface area contributed by atoms with Crippen LogP contribution in [0.5, 0.6) is 0 Å². The Morgan fingerprint density at radius 3 is 2.41 bits per heavy atom. The van der Waals surface area contributed by atoms with Crippen LogP contribution in [-0.2, 0) is 16.0 Å². The second-order valence-corrected chi connectivity index (χ2v) is 11.2. The monoisotopic (exact) mass is 473 g/mol. The molecule has 4 rings (SSSR count). The summed E-state index contributed by atoms with van der Waals surface area (Å²) in [7, 11) is 0. The van der Waals surface area contributed by atoms with Gasteiger partial charge in [0, 0.05) is 48.0 Å². The maximum Gasteiger partial charge on any atom is 0.236 e. The zero-order valence-electron chi connectivity index (χ0n) is 19.1. The molecule has 2 aliphatic rings. The molecule has 0 aliphatic carbocycles. The molecular weight excluding hydrogens is 442 g/mol. The Labute approximate surface area is 199 Å². The molecule has 1 atom stereocenters. The normalized spacial score (nSPS) is 20.1. The number of amides is 2. The number of carbonyl (C=O) groups excluding carboxylic acids is 2. The molecule has 1 aromatic heterocycles. The molecule has 0 radical (unpaired) electrons. The van der Waals surface area contributed by atoms with Gasteiger partial charge in [-0.25, -0.2) is 0 Å². The van der Waals surface area contributed by atoms with E-state index in [-0.39, 0.29) is 17.9 Å². The van der Waals surface area contributed by atoms with Gasteiger partial charge in [0.2, 0.25) is 11.8 Å². The first kappa shape index (κ1) is 23.3. The van der Waals surface area contributed by atoms with Crippen molar-refractivity contribution in [3.63, 3.8) is 0 Å². The van der Waals surface area contributed by atoms with Gasteiger partial charge in [-0.15, -0.1) is 11.3 Å². The zero-order valence-corrected chi connectivity index (χ0v) is 20.7. The van der Waals surface area contributed by atoms with Crippen LogP contribution in [0.25, 0.3) is 0 Å². The Morgan fingerprint density at radius 2 is 1.69 bits per heavy atom. The average molecular weight is 474 g/mol. The topological polar surface area (TPSA) is 43.9 Å². The minimum Gasteiger partial charge on any atom is -0.340 e. The third-order valence-electron chi connectivity index (χ3n) is 6.37. The van der Waals surface area contributed by atoms with Crippen LogP contribution < -0.4 is 0 Å². The molecule has 2 amide bonds. The highest BCUT2D eigenvalue weighted by molar-refractivity contribution is 7.10. The van der Waals surface area contributed by atoms with Gasteiger partial charge in [0.15, 0.2) is 0 Å². The Kier molecular flexibility index (Phi) is 6.94. The lowest BCUT2D eigenvalue weighted by molar-refractivity contribution is -0.140.